The number of fused-ring (bicyclic) bond motifs is 2. The Morgan fingerprint density at radius 1 is 0.929 bits per heavy atom. The van der Waals surface area contributed by atoms with Gasteiger partial charge in [0.05, 0.1) is 16.3 Å². The zero-order chi connectivity index (χ0) is 19.9. The molecule has 0 bridgehead atoms. The maximum atomic E-state index is 13.8. The van der Waals surface area contributed by atoms with Crippen LogP contribution < -0.4 is 4.31 Å². The minimum absolute atomic E-state index is 0.0653. The lowest BCUT2D eigenvalue weighted by atomic mass is 9.87. The lowest BCUT2D eigenvalue weighted by molar-refractivity contribution is 0.596. The van der Waals surface area contributed by atoms with E-state index < -0.39 is 10.0 Å². The minimum Gasteiger partial charge on any atom is -0.234 e. The van der Waals surface area contributed by atoms with Crippen molar-refractivity contribution in [2.75, 3.05) is 4.31 Å². The zero-order valence-corrected chi connectivity index (χ0v) is 16.9. The van der Waals surface area contributed by atoms with Crippen LogP contribution in [0.1, 0.15) is 29.5 Å². The molecule has 0 saturated carbocycles. The molecule has 3 aromatic rings. The summed E-state index contributed by atoms with van der Waals surface area (Å²) in [7, 11) is -3.77. The van der Waals surface area contributed by atoms with Crippen molar-refractivity contribution >= 4 is 21.4 Å². The highest BCUT2D eigenvalue weighted by Crippen LogP contribution is 2.45. The molecule has 0 N–H and O–H groups in total. The number of hydrogen-bond acceptors (Lipinski definition) is 2. The number of para-hydroxylation sites is 2. The average Bonchev–Trinajstić information content (AvgIpc) is 2.83. The summed E-state index contributed by atoms with van der Waals surface area (Å²) in [6.07, 6.45) is 0.725. The predicted molar refractivity (Wildman–Crippen MR) is 115 cm³/mol. The summed E-state index contributed by atoms with van der Waals surface area (Å²) in [4.78, 5) is 0.288. The van der Waals surface area contributed by atoms with Gasteiger partial charge in [0.15, 0.2) is 0 Å². The highest BCUT2D eigenvalue weighted by Gasteiger charge is 2.34. The first-order valence-corrected chi connectivity index (χ1v) is 10.8. The lowest BCUT2D eigenvalue weighted by Crippen LogP contribution is -2.27. The summed E-state index contributed by atoms with van der Waals surface area (Å²) < 4.78 is 29.0. The number of benzene rings is 3. The van der Waals surface area contributed by atoms with Crippen LogP contribution in [0.2, 0.25) is 0 Å². The summed E-state index contributed by atoms with van der Waals surface area (Å²) >= 11 is 0. The van der Waals surface area contributed by atoms with E-state index in [-0.39, 0.29) is 10.8 Å². The normalized spacial score (nSPS) is 16.1. The second-order valence-corrected chi connectivity index (χ2v) is 9.16. The number of rotatable bonds is 3. The van der Waals surface area contributed by atoms with Crippen LogP contribution >= 0.6 is 0 Å². The maximum absolute atomic E-state index is 13.8. The first-order chi connectivity index (χ1) is 13.4. The molecule has 28 heavy (non-hydrogen) atoms. The Hall–Kier alpha value is -2.85. The molecule has 4 heteroatoms. The fourth-order valence-corrected chi connectivity index (χ4v) is 5.38. The second kappa shape index (κ2) is 6.95. The van der Waals surface area contributed by atoms with Crippen molar-refractivity contribution in [3.05, 3.63) is 102 Å². The largest absolute Gasteiger partial charge is 0.268 e. The van der Waals surface area contributed by atoms with Gasteiger partial charge in [0, 0.05) is 5.92 Å². The molecule has 4 rings (SSSR count). The van der Waals surface area contributed by atoms with Crippen LogP contribution in [0, 0.1) is 6.92 Å². The number of anilines is 2. The van der Waals surface area contributed by atoms with Gasteiger partial charge in [0.1, 0.15) is 0 Å². The van der Waals surface area contributed by atoms with E-state index in [9.17, 15) is 8.42 Å². The molecule has 0 unspecified atom stereocenters. The molecule has 0 radical (unpaired) electrons. The molecule has 0 amide bonds. The summed E-state index contributed by atoms with van der Waals surface area (Å²) in [6.45, 7) is 8.14. The van der Waals surface area contributed by atoms with E-state index in [4.69, 9.17) is 0 Å². The topological polar surface area (TPSA) is 37.4 Å². The van der Waals surface area contributed by atoms with Gasteiger partial charge in [-0.05, 0) is 55.7 Å². The molecule has 1 aliphatic rings. The van der Waals surface area contributed by atoms with Crippen LogP contribution in [0.4, 0.5) is 11.4 Å². The Labute approximate surface area is 167 Å². The fraction of sp³-hybridized carbons (Fsp3) is 0.167. The van der Waals surface area contributed by atoms with Crippen LogP contribution in [0.5, 0.6) is 0 Å². The van der Waals surface area contributed by atoms with E-state index in [0.717, 1.165) is 28.7 Å². The van der Waals surface area contributed by atoms with Crippen molar-refractivity contribution in [3.8, 4) is 0 Å². The van der Waals surface area contributed by atoms with Crippen molar-refractivity contribution < 1.29 is 8.42 Å². The van der Waals surface area contributed by atoms with E-state index in [1.165, 1.54) is 4.31 Å². The minimum atomic E-state index is -3.77. The summed E-state index contributed by atoms with van der Waals surface area (Å²) in [5.74, 6) is 0.0653. The molecular weight excluding hydrogens is 366 g/mol. The molecule has 3 aromatic carbocycles. The smallest absolute Gasteiger partial charge is 0.234 e. The number of nitrogens with zero attached hydrogens (tertiary/aromatic N) is 1. The average molecular weight is 390 g/mol. The molecule has 0 aromatic heterocycles. The molecule has 0 fully saturated rings. The Morgan fingerprint density at radius 2 is 1.54 bits per heavy atom. The number of hydrogen-bond donors (Lipinski definition) is 0. The van der Waals surface area contributed by atoms with Gasteiger partial charge in [-0.25, -0.2) is 12.7 Å². The van der Waals surface area contributed by atoms with Gasteiger partial charge in [0.25, 0.3) is 10.0 Å². The Balaban J connectivity index is 2.02. The Kier molecular flexibility index (Phi) is 4.60. The van der Waals surface area contributed by atoms with Crippen LogP contribution in [-0.2, 0) is 16.4 Å². The van der Waals surface area contributed by atoms with Gasteiger partial charge in [0.2, 0.25) is 0 Å². The van der Waals surface area contributed by atoms with Crippen molar-refractivity contribution in [2.24, 2.45) is 0 Å². The number of aryl methyl sites for hydroxylation is 1. The quantitative estimate of drug-likeness (QED) is 0.536. The van der Waals surface area contributed by atoms with Crippen LogP contribution in [0.15, 0.2) is 89.8 Å². The fourth-order valence-electron chi connectivity index (χ4n) is 3.82. The number of allylic oxidation sites excluding steroid dienone is 1. The van der Waals surface area contributed by atoms with Gasteiger partial charge in [-0.2, -0.15) is 0 Å². The lowest BCUT2D eigenvalue weighted by Gasteiger charge is -2.27. The van der Waals surface area contributed by atoms with Crippen molar-refractivity contribution in [1.29, 1.82) is 0 Å². The van der Waals surface area contributed by atoms with E-state index in [1.54, 1.807) is 12.1 Å². The molecule has 1 atom stereocenters. The SMILES string of the molecule is C=C(C)[C@@H]1Cc2ccccc2N(S(=O)(=O)c2ccc(C)cc2)c2ccccc21. The highest BCUT2D eigenvalue weighted by molar-refractivity contribution is 7.93. The molecule has 0 saturated heterocycles. The second-order valence-electron chi connectivity index (χ2n) is 7.37. The van der Waals surface area contributed by atoms with Crippen LogP contribution in [0.25, 0.3) is 0 Å². The number of sulfonamides is 1. The van der Waals surface area contributed by atoms with Gasteiger partial charge < -0.3 is 0 Å². The molecule has 1 heterocycles. The summed E-state index contributed by atoms with van der Waals surface area (Å²) in [6, 6.07) is 22.5. The van der Waals surface area contributed by atoms with E-state index >= 15 is 0 Å². The van der Waals surface area contributed by atoms with E-state index in [1.807, 2.05) is 74.5 Å². The Morgan fingerprint density at radius 3 is 2.21 bits per heavy atom. The third-order valence-corrected chi connectivity index (χ3v) is 7.06. The molecular formula is C24H23NO2S. The summed E-state index contributed by atoms with van der Waals surface area (Å²) in [5, 5.41) is 0. The molecule has 3 nitrogen and oxygen atoms in total. The monoisotopic (exact) mass is 389 g/mol. The molecule has 142 valence electrons. The predicted octanol–water partition coefficient (Wildman–Crippen LogP) is 5.74. The molecule has 0 spiro atoms. The Bertz CT molecular complexity index is 1150. The van der Waals surface area contributed by atoms with Gasteiger partial charge >= 0.3 is 0 Å². The van der Waals surface area contributed by atoms with Gasteiger partial charge in [-0.1, -0.05) is 66.2 Å². The van der Waals surface area contributed by atoms with Crippen molar-refractivity contribution in [2.45, 2.75) is 31.1 Å². The van der Waals surface area contributed by atoms with Crippen LogP contribution in [0.3, 0.4) is 0 Å². The van der Waals surface area contributed by atoms with Crippen molar-refractivity contribution in [1.82, 2.24) is 0 Å². The maximum Gasteiger partial charge on any atom is 0.268 e. The van der Waals surface area contributed by atoms with Crippen LogP contribution in [-0.4, -0.2) is 8.42 Å². The van der Waals surface area contributed by atoms with E-state index in [2.05, 4.69) is 6.58 Å². The third kappa shape index (κ3) is 3.04. The van der Waals surface area contributed by atoms with Crippen molar-refractivity contribution in [3.63, 3.8) is 0 Å². The first kappa shape index (κ1) is 18.5. The third-order valence-electron chi connectivity index (χ3n) is 5.32. The molecule has 0 aliphatic carbocycles. The highest BCUT2D eigenvalue weighted by atomic mass is 32.2. The van der Waals surface area contributed by atoms with E-state index in [0.29, 0.717) is 11.4 Å². The zero-order valence-electron chi connectivity index (χ0n) is 16.1. The van der Waals surface area contributed by atoms with Gasteiger partial charge in [-0.3, -0.25) is 0 Å². The first-order valence-electron chi connectivity index (χ1n) is 9.34. The summed E-state index contributed by atoms with van der Waals surface area (Å²) in [5.41, 5.74) is 5.44. The molecule has 1 aliphatic heterocycles. The van der Waals surface area contributed by atoms with Gasteiger partial charge in [-0.15, -0.1) is 0 Å². The standard InChI is InChI=1S/C24H23NO2S/c1-17(2)22-16-19-8-4-6-10-23(19)25(24-11-7-5-9-21(22)24)28(26,27)20-14-12-18(3)13-15-20/h4-15,22H,1,16H2,2-3H3/t22-/m0/s1.